The molecule has 0 bridgehead atoms. The van der Waals surface area contributed by atoms with Crippen LogP contribution in [0.2, 0.25) is 0 Å². The second-order valence-corrected chi connectivity index (χ2v) is 6.75. The van der Waals surface area contributed by atoms with Gasteiger partial charge in [-0.3, -0.25) is 9.20 Å². The van der Waals surface area contributed by atoms with Crippen molar-refractivity contribution in [2.24, 2.45) is 0 Å². The van der Waals surface area contributed by atoms with Crippen LogP contribution in [-0.4, -0.2) is 44.8 Å². The summed E-state index contributed by atoms with van der Waals surface area (Å²) in [6.45, 7) is 1.93. The van der Waals surface area contributed by atoms with Gasteiger partial charge in [-0.1, -0.05) is 6.07 Å². The van der Waals surface area contributed by atoms with Crippen molar-refractivity contribution >= 4 is 11.6 Å². The fourth-order valence-corrected chi connectivity index (χ4v) is 3.66. The zero-order valence-electron chi connectivity index (χ0n) is 14.7. The van der Waals surface area contributed by atoms with Gasteiger partial charge in [-0.15, -0.1) is 10.2 Å². The van der Waals surface area contributed by atoms with Crippen molar-refractivity contribution in [1.29, 1.82) is 0 Å². The molecule has 1 saturated heterocycles. The SMILES string of the molecule is O=C(CC1(n2cccc2)CCOCC1)NCCc1nnc2ccccn12. The second-order valence-electron chi connectivity index (χ2n) is 6.75. The first-order valence-corrected chi connectivity index (χ1v) is 9.03. The van der Waals surface area contributed by atoms with E-state index in [1.807, 2.05) is 53.3 Å². The normalized spacial score (nSPS) is 16.6. The molecule has 1 amide bonds. The van der Waals surface area contributed by atoms with Gasteiger partial charge in [0.1, 0.15) is 5.82 Å². The van der Waals surface area contributed by atoms with Crippen LogP contribution in [0.25, 0.3) is 5.65 Å². The highest BCUT2D eigenvalue weighted by atomic mass is 16.5. The molecule has 0 aliphatic carbocycles. The summed E-state index contributed by atoms with van der Waals surface area (Å²) in [5.74, 6) is 0.918. The molecule has 0 aromatic carbocycles. The Hall–Kier alpha value is -2.67. The zero-order valence-corrected chi connectivity index (χ0v) is 14.7. The molecule has 3 aromatic rings. The Morgan fingerprint density at radius 2 is 1.88 bits per heavy atom. The van der Waals surface area contributed by atoms with Gasteiger partial charge in [0.25, 0.3) is 0 Å². The van der Waals surface area contributed by atoms with E-state index in [0.29, 0.717) is 32.6 Å². The molecule has 7 heteroatoms. The maximum Gasteiger partial charge on any atom is 0.222 e. The molecule has 1 N–H and O–H groups in total. The molecule has 3 aromatic heterocycles. The van der Waals surface area contributed by atoms with Gasteiger partial charge in [0.05, 0.1) is 12.0 Å². The van der Waals surface area contributed by atoms with Gasteiger partial charge < -0.3 is 14.6 Å². The third-order valence-electron chi connectivity index (χ3n) is 5.12. The number of aromatic nitrogens is 4. The molecule has 4 rings (SSSR count). The minimum Gasteiger partial charge on any atom is -0.381 e. The maximum absolute atomic E-state index is 12.6. The predicted molar refractivity (Wildman–Crippen MR) is 96.8 cm³/mol. The summed E-state index contributed by atoms with van der Waals surface area (Å²) in [5, 5.41) is 11.4. The Morgan fingerprint density at radius 3 is 2.69 bits per heavy atom. The molecule has 0 atom stereocenters. The number of amides is 1. The summed E-state index contributed by atoms with van der Waals surface area (Å²) in [7, 11) is 0. The molecule has 7 nitrogen and oxygen atoms in total. The lowest BCUT2D eigenvalue weighted by Gasteiger charge is -2.38. The number of hydrogen-bond acceptors (Lipinski definition) is 4. The molecule has 1 aliphatic heterocycles. The van der Waals surface area contributed by atoms with E-state index < -0.39 is 0 Å². The first-order chi connectivity index (χ1) is 12.8. The fourth-order valence-electron chi connectivity index (χ4n) is 3.66. The van der Waals surface area contributed by atoms with Crippen molar-refractivity contribution in [3.05, 3.63) is 54.7 Å². The molecule has 0 unspecified atom stereocenters. The molecular weight excluding hydrogens is 330 g/mol. The lowest BCUT2D eigenvalue weighted by molar-refractivity contribution is -0.124. The number of rotatable bonds is 6. The van der Waals surface area contributed by atoms with E-state index in [-0.39, 0.29) is 11.4 Å². The Labute approximate surface area is 152 Å². The zero-order chi connectivity index (χ0) is 17.8. The second kappa shape index (κ2) is 7.29. The number of nitrogens with one attached hydrogen (secondary N) is 1. The van der Waals surface area contributed by atoms with Gasteiger partial charge in [0.15, 0.2) is 5.65 Å². The van der Waals surface area contributed by atoms with Crippen molar-refractivity contribution in [1.82, 2.24) is 24.5 Å². The van der Waals surface area contributed by atoms with Crippen LogP contribution in [0.3, 0.4) is 0 Å². The summed E-state index contributed by atoms with van der Waals surface area (Å²) in [6, 6.07) is 9.81. The average Bonchev–Trinajstić information content (AvgIpc) is 3.33. The van der Waals surface area contributed by atoms with E-state index in [0.717, 1.165) is 24.3 Å². The highest BCUT2D eigenvalue weighted by molar-refractivity contribution is 5.77. The Bertz CT molecular complexity index is 865. The number of pyridine rings is 1. The predicted octanol–water partition coefficient (Wildman–Crippen LogP) is 1.79. The van der Waals surface area contributed by atoms with Gasteiger partial charge in [0, 0.05) is 44.8 Å². The minimum absolute atomic E-state index is 0.0643. The number of carbonyl (C=O) groups is 1. The Balaban J connectivity index is 1.37. The molecule has 136 valence electrons. The largest absolute Gasteiger partial charge is 0.381 e. The molecule has 0 saturated carbocycles. The van der Waals surface area contributed by atoms with E-state index in [1.165, 1.54) is 0 Å². The number of nitrogens with zero attached hydrogens (tertiary/aromatic N) is 4. The van der Waals surface area contributed by atoms with Crippen molar-refractivity contribution < 1.29 is 9.53 Å². The molecular formula is C19H23N5O2. The lowest BCUT2D eigenvalue weighted by atomic mass is 9.86. The highest BCUT2D eigenvalue weighted by Gasteiger charge is 2.36. The van der Waals surface area contributed by atoms with Gasteiger partial charge in [-0.25, -0.2) is 0 Å². The molecule has 1 aliphatic rings. The minimum atomic E-state index is -0.187. The molecule has 26 heavy (non-hydrogen) atoms. The van der Waals surface area contributed by atoms with Crippen LogP contribution in [0.15, 0.2) is 48.9 Å². The van der Waals surface area contributed by atoms with E-state index in [4.69, 9.17) is 4.74 Å². The van der Waals surface area contributed by atoms with E-state index in [2.05, 4.69) is 20.1 Å². The van der Waals surface area contributed by atoms with Crippen molar-refractivity contribution in [3.63, 3.8) is 0 Å². The van der Waals surface area contributed by atoms with Gasteiger partial charge in [-0.05, 0) is 37.1 Å². The van der Waals surface area contributed by atoms with Gasteiger partial charge >= 0.3 is 0 Å². The van der Waals surface area contributed by atoms with Gasteiger partial charge in [0.2, 0.25) is 5.91 Å². The summed E-state index contributed by atoms with van der Waals surface area (Å²) in [4.78, 5) is 12.6. The van der Waals surface area contributed by atoms with Crippen LogP contribution in [0, 0.1) is 0 Å². The van der Waals surface area contributed by atoms with Crippen LogP contribution in [0.1, 0.15) is 25.1 Å². The maximum atomic E-state index is 12.6. The Morgan fingerprint density at radius 1 is 1.12 bits per heavy atom. The summed E-state index contributed by atoms with van der Waals surface area (Å²) in [5.41, 5.74) is 0.635. The van der Waals surface area contributed by atoms with E-state index in [9.17, 15) is 4.79 Å². The van der Waals surface area contributed by atoms with Crippen LogP contribution >= 0.6 is 0 Å². The monoisotopic (exact) mass is 353 g/mol. The Kier molecular flexibility index (Phi) is 4.71. The van der Waals surface area contributed by atoms with Gasteiger partial charge in [-0.2, -0.15) is 0 Å². The summed E-state index contributed by atoms with van der Waals surface area (Å²) >= 11 is 0. The standard InChI is InChI=1S/C19H23N5O2/c25-18(15-19(7-13-26-14-8-19)23-10-3-4-11-23)20-9-6-17-22-21-16-5-1-2-12-24(16)17/h1-5,10-12H,6-9,13-15H2,(H,20,25). The highest BCUT2D eigenvalue weighted by Crippen LogP contribution is 2.32. The van der Waals surface area contributed by atoms with Crippen LogP contribution < -0.4 is 5.32 Å². The van der Waals surface area contributed by atoms with E-state index >= 15 is 0 Å². The number of ether oxygens (including phenoxy) is 1. The fraction of sp³-hybridized carbons (Fsp3) is 0.421. The summed E-state index contributed by atoms with van der Waals surface area (Å²) < 4.78 is 9.63. The van der Waals surface area contributed by atoms with Crippen LogP contribution in [0.5, 0.6) is 0 Å². The molecule has 0 radical (unpaired) electrons. The number of fused-ring (bicyclic) bond motifs is 1. The molecule has 4 heterocycles. The van der Waals surface area contributed by atoms with Crippen LogP contribution in [-0.2, 0) is 21.5 Å². The van der Waals surface area contributed by atoms with E-state index in [1.54, 1.807) is 0 Å². The number of hydrogen-bond donors (Lipinski definition) is 1. The van der Waals surface area contributed by atoms with Crippen molar-refractivity contribution in [3.8, 4) is 0 Å². The topological polar surface area (TPSA) is 73.4 Å². The average molecular weight is 353 g/mol. The third kappa shape index (κ3) is 3.35. The molecule has 0 spiro atoms. The number of carbonyl (C=O) groups excluding carboxylic acids is 1. The smallest absolute Gasteiger partial charge is 0.222 e. The lowest BCUT2D eigenvalue weighted by Crippen LogP contribution is -2.43. The van der Waals surface area contributed by atoms with Crippen molar-refractivity contribution in [2.45, 2.75) is 31.2 Å². The van der Waals surface area contributed by atoms with Crippen molar-refractivity contribution in [2.75, 3.05) is 19.8 Å². The summed E-state index contributed by atoms with van der Waals surface area (Å²) in [6.07, 6.45) is 8.84. The third-order valence-corrected chi connectivity index (χ3v) is 5.12. The quantitative estimate of drug-likeness (QED) is 0.733. The first kappa shape index (κ1) is 16.8. The van der Waals surface area contributed by atoms with Crippen LogP contribution in [0.4, 0.5) is 0 Å². The molecule has 1 fully saturated rings. The first-order valence-electron chi connectivity index (χ1n) is 9.03.